The lowest BCUT2D eigenvalue weighted by Gasteiger charge is -2.32. The van der Waals surface area contributed by atoms with Crippen molar-refractivity contribution in [3.05, 3.63) is 62.9 Å². The fourth-order valence-corrected chi connectivity index (χ4v) is 4.06. The van der Waals surface area contributed by atoms with Gasteiger partial charge in [0.1, 0.15) is 0 Å². The molecule has 0 saturated carbocycles. The molecule has 4 nitrogen and oxygen atoms in total. The van der Waals surface area contributed by atoms with E-state index in [-0.39, 0.29) is 43.5 Å². The molecule has 0 saturated heterocycles. The number of fused-ring (bicyclic) bond motifs is 1. The number of Topliss-reactive ketones (excluding diaryl/α,β-unsaturated/α-hetero) is 1. The van der Waals surface area contributed by atoms with E-state index in [0.717, 1.165) is 0 Å². The number of rotatable bonds is 5. The van der Waals surface area contributed by atoms with Gasteiger partial charge in [-0.1, -0.05) is 29.3 Å². The van der Waals surface area contributed by atoms with E-state index in [9.17, 15) is 15.0 Å². The van der Waals surface area contributed by atoms with Gasteiger partial charge in [-0.05, 0) is 48.6 Å². The third-order valence-electron chi connectivity index (χ3n) is 4.81. The van der Waals surface area contributed by atoms with Crippen molar-refractivity contribution < 1.29 is 19.4 Å². The zero-order valence-electron chi connectivity index (χ0n) is 13.9. The summed E-state index contributed by atoms with van der Waals surface area (Å²) in [6.45, 7) is -0.274. The van der Waals surface area contributed by atoms with E-state index in [1.807, 2.05) is 0 Å². The molecule has 0 bridgehead atoms. The van der Waals surface area contributed by atoms with Crippen molar-refractivity contribution in [2.75, 3.05) is 0 Å². The molecule has 1 aromatic heterocycles. The molecular weight excluding hydrogens is 380 g/mol. The minimum Gasteiger partial charge on any atom is -0.392 e. The molecule has 0 amide bonds. The lowest BCUT2D eigenvalue weighted by atomic mass is 9.77. The fraction of sp³-hybridized carbons (Fsp3) is 0.368. The topological polar surface area (TPSA) is 70.4 Å². The van der Waals surface area contributed by atoms with Gasteiger partial charge in [0.2, 0.25) is 0 Å². The molecule has 7 heteroatoms. The number of aliphatic hydroxyl groups excluding tert-OH is 2. The van der Waals surface area contributed by atoms with Crippen LogP contribution in [0.15, 0.2) is 30.5 Å². The summed E-state index contributed by atoms with van der Waals surface area (Å²) in [6.07, 6.45) is 0.751. The SMILES string of the molecule is O=C(CCc1c(Cl)cc(Cl)cc1CO)[C@@]1(F)CC[C@H](O)c2ncccc21. The Morgan fingerprint density at radius 1 is 1.38 bits per heavy atom. The van der Waals surface area contributed by atoms with Gasteiger partial charge in [0.25, 0.3) is 0 Å². The largest absolute Gasteiger partial charge is 0.392 e. The molecule has 0 aliphatic heterocycles. The zero-order chi connectivity index (χ0) is 18.9. The average molecular weight is 398 g/mol. The summed E-state index contributed by atoms with van der Waals surface area (Å²) < 4.78 is 15.6. The lowest BCUT2D eigenvalue weighted by molar-refractivity contribution is -0.133. The third kappa shape index (κ3) is 3.49. The normalized spacial score (nSPS) is 22.1. The van der Waals surface area contributed by atoms with E-state index in [1.54, 1.807) is 12.1 Å². The Bertz CT molecular complexity index is 846. The molecule has 1 heterocycles. The Morgan fingerprint density at radius 3 is 2.88 bits per heavy atom. The standard InChI is InChI=1S/C19H18Cl2FNO3/c20-12-8-11(10-24)13(15(21)9-12)3-4-17(26)19(22)6-5-16(25)18-14(19)2-1-7-23-18/h1-2,7-9,16,24-25H,3-6,10H2/t16-,19+/m0/s1. The number of pyridine rings is 1. The Labute approximate surface area is 160 Å². The fourth-order valence-electron chi connectivity index (χ4n) is 3.43. The molecule has 0 unspecified atom stereocenters. The van der Waals surface area contributed by atoms with Gasteiger partial charge in [0.15, 0.2) is 11.5 Å². The van der Waals surface area contributed by atoms with E-state index < -0.39 is 17.6 Å². The first-order chi connectivity index (χ1) is 12.4. The van der Waals surface area contributed by atoms with Crippen LogP contribution in [0.2, 0.25) is 10.0 Å². The Balaban J connectivity index is 1.85. The van der Waals surface area contributed by atoms with E-state index in [2.05, 4.69) is 4.98 Å². The van der Waals surface area contributed by atoms with Crippen LogP contribution in [-0.2, 0) is 23.5 Å². The molecule has 1 aromatic carbocycles. The van der Waals surface area contributed by atoms with Crippen molar-refractivity contribution in [3.63, 3.8) is 0 Å². The molecule has 1 aliphatic rings. The number of alkyl halides is 1. The number of halogens is 3. The van der Waals surface area contributed by atoms with Crippen LogP contribution in [0, 0.1) is 0 Å². The van der Waals surface area contributed by atoms with Crippen molar-refractivity contribution in [1.82, 2.24) is 4.98 Å². The van der Waals surface area contributed by atoms with Crippen molar-refractivity contribution in [2.45, 2.75) is 44.1 Å². The molecule has 2 N–H and O–H groups in total. The Kier molecular flexibility index (Phi) is 5.63. The predicted octanol–water partition coefficient (Wildman–Crippen LogP) is 4.07. The second-order valence-electron chi connectivity index (χ2n) is 6.40. The van der Waals surface area contributed by atoms with Crippen molar-refractivity contribution in [1.29, 1.82) is 0 Å². The van der Waals surface area contributed by atoms with Crippen LogP contribution in [0.5, 0.6) is 0 Å². The molecule has 0 spiro atoms. The van der Waals surface area contributed by atoms with E-state index >= 15 is 4.39 Å². The maximum absolute atomic E-state index is 15.6. The van der Waals surface area contributed by atoms with Crippen LogP contribution in [0.25, 0.3) is 0 Å². The molecule has 138 valence electrons. The maximum Gasteiger partial charge on any atom is 0.195 e. The van der Waals surface area contributed by atoms with Gasteiger partial charge < -0.3 is 10.2 Å². The minimum atomic E-state index is -2.18. The third-order valence-corrected chi connectivity index (χ3v) is 5.37. The van der Waals surface area contributed by atoms with Gasteiger partial charge in [0, 0.05) is 28.2 Å². The number of carbonyl (C=O) groups excluding carboxylic acids is 1. The van der Waals surface area contributed by atoms with Gasteiger partial charge in [-0.2, -0.15) is 0 Å². The highest BCUT2D eigenvalue weighted by atomic mass is 35.5. The zero-order valence-corrected chi connectivity index (χ0v) is 15.4. The lowest BCUT2D eigenvalue weighted by Crippen LogP contribution is -2.37. The summed E-state index contributed by atoms with van der Waals surface area (Å²) in [5, 5.41) is 20.2. The molecule has 0 radical (unpaired) electrons. The van der Waals surface area contributed by atoms with Crippen molar-refractivity contribution in [3.8, 4) is 0 Å². The van der Waals surface area contributed by atoms with Crippen LogP contribution in [0.3, 0.4) is 0 Å². The number of benzene rings is 1. The van der Waals surface area contributed by atoms with Crippen LogP contribution in [0.1, 0.15) is 47.8 Å². The smallest absolute Gasteiger partial charge is 0.195 e. The van der Waals surface area contributed by atoms with Crippen LogP contribution < -0.4 is 0 Å². The van der Waals surface area contributed by atoms with Crippen LogP contribution in [0.4, 0.5) is 4.39 Å². The minimum absolute atomic E-state index is 0.0880. The summed E-state index contributed by atoms with van der Waals surface area (Å²) in [7, 11) is 0. The molecule has 2 atom stereocenters. The number of carbonyl (C=O) groups is 1. The molecular formula is C19H18Cl2FNO3. The first kappa shape index (κ1) is 19.2. The van der Waals surface area contributed by atoms with Gasteiger partial charge in [-0.25, -0.2) is 4.39 Å². The summed E-state index contributed by atoms with van der Waals surface area (Å²) in [4.78, 5) is 16.8. The molecule has 1 aliphatic carbocycles. The number of hydrogen-bond acceptors (Lipinski definition) is 4. The summed E-state index contributed by atoms with van der Waals surface area (Å²) in [5.74, 6) is -0.589. The first-order valence-electron chi connectivity index (χ1n) is 8.30. The van der Waals surface area contributed by atoms with E-state index in [4.69, 9.17) is 23.2 Å². The Hall–Kier alpha value is -1.53. The van der Waals surface area contributed by atoms with E-state index in [1.165, 1.54) is 18.3 Å². The van der Waals surface area contributed by atoms with Gasteiger partial charge in [0.05, 0.1) is 18.4 Å². The summed E-state index contributed by atoms with van der Waals surface area (Å²) >= 11 is 12.1. The summed E-state index contributed by atoms with van der Waals surface area (Å²) in [6, 6.07) is 6.16. The van der Waals surface area contributed by atoms with Crippen molar-refractivity contribution >= 4 is 29.0 Å². The van der Waals surface area contributed by atoms with E-state index in [0.29, 0.717) is 21.2 Å². The molecule has 3 rings (SSSR count). The highest BCUT2D eigenvalue weighted by molar-refractivity contribution is 6.35. The number of aromatic nitrogens is 1. The first-order valence-corrected chi connectivity index (χ1v) is 9.05. The number of nitrogens with zero attached hydrogens (tertiary/aromatic N) is 1. The summed E-state index contributed by atoms with van der Waals surface area (Å²) in [5.41, 5.74) is -0.730. The second-order valence-corrected chi connectivity index (χ2v) is 7.24. The number of aliphatic hydroxyl groups is 2. The highest BCUT2D eigenvalue weighted by Crippen LogP contribution is 2.43. The number of ketones is 1. The second kappa shape index (κ2) is 7.61. The Morgan fingerprint density at radius 2 is 2.15 bits per heavy atom. The molecule has 0 fully saturated rings. The van der Waals surface area contributed by atoms with Gasteiger partial charge in [-0.15, -0.1) is 0 Å². The number of hydrogen-bond donors (Lipinski definition) is 2. The average Bonchev–Trinajstić information content (AvgIpc) is 2.63. The maximum atomic E-state index is 15.6. The monoisotopic (exact) mass is 397 g/mol. The molecule has 2 aromatic rings. The van der Waals surface area contributed by atoms with Crippen molar-refractivity contribution in [2.24, 2.45) is 0 Å². The van der Waals surface area contributed by atoms with Crippen LogP contribution in [-0.4, -0.2) is 21.0 Å². The van der Waals surface area contributed by atoms with Gasteiger partial charge in [-0.3, -0.25) is 9.78 Å². The van der Waals surface area contributed by atoms with Crippen LogP contribution >= 0.6 is 23.2 Å². The van der Waals surface area contributed by atoms with Gasteiger partial charge >= 0.3 is 0 Å². The predicted molar refractivity (Wildman–Crippen MR) is 96.9 cm³/mol. The molecule has 26 heavy (non-hydrogen) atoms. The highest BCUT2D eigenvalue weighted by Gasteiger charge is 2.45. The quantitative estimate of drug-likeness (QED) is 0.797.